The minimum atomic E-state index is -3.63. The van der Waals surface area contributed by atoms with Crippen molar-refractivity contribution >= 4 is 33.0 Å². The molecular weight excluding hydrogens is 436 g/mol. The quantitative estimate of drug-likeness (QED) is 0.404. The van der Waals surface area contributed by atoms with Gasteiger partial charge in [-0.15, -0.1) is 11.3 Å². The van der Waals surface area contributed by atoms with Gasteiger partial charge in [-0.2, -0.15) is 5.10 Å². The van der Waals surface area contributed by atoms with Crippen molar-refractivity contribution in [2.75, 3.05) is 11.9 Å². The molecule has 3 aromatic heterocycles. The first-order chi connectivity index (χ1) is 14.6. The maximum atomic E-state index is 12.6. The van der Waals surface area contributed by atoms with E-state index in [1.165, 1.54) is 12.8 Å². The molecule has 1 fully saturated rings. The predicted molar refractivity (Wildman–Crippen MR) is 120 cm³/mol. The first kappa shape index (κ1) is 21.9. The lowest BCUT2D eigenvalue weighted by Crippen LogP contribution is -2.40. The van der Waals surface area contributed by atoms with Gasteiger partial charge in [-0.25, -0.2) is 23.1 Å². The Kier molecular flexibility index (Phi) is 5.86. The topological polar surface area (TPSA) is 133 Å². The molecule has 3 heterocycles. The maximum absolute atomic E-state index is 12.6. The van der Waals surface area contributed by atoms with Gasteiger partial charge in [0.05, 0.1) is 4.88 Å². The van der Waals surface area contributed by atoms with Gasteiger partial charge in [0.2, 0.25) is 0 Å². The van der Waals surface area contributed by atoms with Crippen LogP contribution in [0.15, 0.2) is 28.6 Å². The number of thiophene rings is 1. The van der Waals surface area contributed by atoms with Gasteiger partial charge >= 0.3 is 0 Å². The Morgan fingerprint density at radius 3 is 2.74 bits per heavy atom. The third-order valence-electron chi connectivity index (χ3n) is 4.61. The molecule has 166 valence electrons. The van der Waals surface area contributed by atoms with E-state index in [0.717, 1.165) is 22.6 Å². The Balaban J connectivity index is 1.61. The minimum Gasteiger partial charge on any atom is -0.396 e. The Hall–Kier alpha value is -2.34. The SMILES string of the molecule is CC(C)(C)NS(=O)(=O)c1ccc(-c2ncc(CCO)c(Nc3cc(C4CC4)[nH]n3)n2)s1. The van der Waals surface area contributed by atoms with Crippen LogP contribution in [0.3, 0.4) is 0 Å². The molecule has 4 N–H and O–H groups in total. The summed E-state index contributed by atoms with van der Waals surface area (Å²) in [5.41, 5.74) is 1.27. The second kappa shape index (κ2) is 8.30. The second-order valence-corrected chi connectivity index (χ2v) is 11.6. The number of nitrogens with zero attached hydrogens (tertiary/aromatic N) is 3. The number of nitrogens with one attached hydrogen (secondary N) is 3. The van der Waals surface area contributed by atoms with Crippen molar-refractivity contribution in [1.29, 1.82) is 0 Å². The van der Waals surface area contributed by atoms with Crippen LogP contribution in [0, 0.1) is 0 Å². The van der Waals surface area contributed by atoms with E-state index in [0.29, 0.717) is 34.7 Å². The zero-order valence-electron chi connectivity index (χ0n) is 17.6. The van der Waals surface area contributed by atoms with Crippen LogP contribution in [0.4, 0.5) is 11.6 Å². The molecule has 11 heteroatoms. The van der Waals surface area contributed by atoms with Gasteiger partial charge in [-0.05, 0) is 45.7 Å². The molecule has 9 nitrogen and oxygen atoms in total. The summed E-state index contributed by atoms with van der Waals surface area (Å²) in [5, 5.41) is 19.9. The van der Waals surface area contributed by atoms with Crippen LogP contribution in [0.5, 0.6) is 0 Å². The number of sulfonamides is 1. The van der Waals surface area contributed by atoms with E-state index in [1.54, 1.807) is 39.1 Å². The number of rotatable bonds is 8. The number of hydrogen-bond donors (Lipinski definition) is 4. The molecule has 1 saturated carbocycles. The van der Waals surface area contributed by atoms with Crippen LogP contribution >= 0.6 is 11.3 Å². The van der Waals surface area contributed by atoms with E-state index in [4.69, 9.17) is 0 Å². The van der Waals surface area contributed by atoms with Crippen molar-refractivity contribution in [1.82, 2.24) is 24.9 Å². The second-order valence-electron chi connectivity index (χ2n) is 8.62. The summed E-state index contributed by atoms with van der Waals surface area (Å²) >= 11 is 1.11. The summed E-state index contributed by atoms with van der Waals surface area (Å²) in [6.45, 7) is 5.35. The van der Waals surface area contributed by atoms with Crippen LogP contribution < -0.4 is 10.0 Å². The Bertz CT molecular complexity index is 1180. The van der Waals surface area contributed by atoms with Crippen molar-refractivity contribution in [2.24, 2.45) is 0 Å². The summed E-state index contributed by atoms with van der Waals surface area (Å²) < 4.78 is 28.1. The van der Waals surface area contributed by atoms with Gasteiger partial charge in [-0.3, -0.25) is 5.10 Å². The van der Waals surface area contributed by atoms with E-state index in [-0.39, 0.29) is 10.8 Å². The summed E-state index contributed by atoms with van der Waals surface area (Å²) in [5.74, 6) is 2.14. The number of hydrogen-bond acceptors (Lipinski definition) is 8. The fourth-order valence-electron chi connectivity index (χ4n) is 3.10. The number of aliphatic hydroxyl groups excluding tert-OH is 1. The Morgan fingerprint density at radius 2 is 2.06 bits per heavy atom. The van der Waals surface area contributed by atoms with Crippen molar-refractivity contribution in [3.63, 3.8) is 0 Å². The van der Waals surface area contributed by atoms with Crippen LogP contribution in [-0.4, -0.2) is 45.8 Å². The van der Waals surface area contributed by atoms with Crippen molar-refractivity contribution in [3.05, 3.63) is 35.7 Å². The van der Waals surface area contributed by atoms with Crippen LogP contribution in [-0.2, 0) is 16.4 Å². The zero-order valence-corrected chi connectivity index (χ0v) is 19.3. The molecule has 0 amide bonds. The van der Waals surface area contributed by atoms with Crippen LogP contribution in [0.25, 0.3) is 10.7 Å². The summed E-state index contributed by atoms with van der Waals surface area (Å²) in [7, 11) is -3.63. The molecule has 0 aromatic carbocycles. The highest BCUT2D eigenvalue weighted by molar-refractivity contribution is 7.91. The monoisotopic (exact) mass is 462 g/mol. The molecule has 0 aliphatic heterocycles. The molecule has 1 aliphatic carbocycles. The highest BCUT2D eigenvalue weighted by Crippen LogP contribution is 2.39. The highest BCUT2D eigenvalue weighted by Gasteiger charge is 2.26. The van der Waals surface area contributed by atoms with E-state index in [1.807, 2.05) is 6.07 Å². The molecule has 31 heavy (non-hydrogen) atoms. The van der Waals surface area contributed by atoms with E-state index in [2.05, 4.69) is 30.2 Å². The fraction of sp³-hybridized carbons (Fsp3) is 0.450. The number of aromatic nitrogens is 4. The van der Waals surface area contributed by atoms with Crippen LogP contribution in [0.2, 0.25) is 0 Å². The van der Waals surface area contributed by atoms with Crippen LogP contribution in [0.1, 0.15) is 50.8 Å². The lowest BCUT2D eigenvalue weighted by atomic mass is 10.1. The summed E-state index contributed by atoms with van der Waals surface area (Å²) in [6.07, 6.45) is 4.38. The molecule has 0 spiro atoms. The molecule has 4 rings (SSSR count). The first-order valence-electron chi connectivity index (χ1n) is 10.1. The summed E-state index contributed by atoms with van der Waals surface area (Å²) in [6, 6.07) is 5.23. The third kappa shape index (κ3) is 5.29. The lowest BCUT2D eigenvalue weighted by Gasteiger charge is -2.19. The standard InChI is InChI=1S/C20H26N6O3S2/c1-20(2,3)26-31(28,29)17-7-6-15(30-17)19-21-11-13(8-9-27)18(23-19)22-16-10-14(24-25-16)12-4-5-12/h6-7,10-12,26-27H,4-5,8-9H2,1-3H3,(H2,21,22,23,24,25). The Labute approximate surface area is 185 Å². The minimum absolute atomic E-state index is 0.0366. The molecule has 3 aromatic rings. The van der Waals surface area contributed by atoms with E-state index in [9.17, 15) is 13.5 Å². The van der Waals surface area contributed by atoms with Gasteiger partial charge < -0.3 is 10.4 Å². The number of H-pyrrole nitrogens is 1. The van der Waals surface area contributed by atoms with E-state index >= 15 is 0 Å². The third-order valence-corrected chi connectivity index (χ3v) is 7.95. The largest absolute Gasteiger partial charge is 0.396 e. The van der Waals surface area contributed by atoms with E-state index < -0.39 is 15.6 Å². The van der Waals surface area contributed by atoms with Crippen molar-refractivity contribution in [3.8, 4) is 10.7 Å². The number of aromatic amines is 1. The number of aliphatic hydroxyl groups is 1. The maximum Gasteiger partial charge on any atom is 0.250 e. The van der Waals surface area contributed by atoms with Crippen molar-refractivity contribution < 1.29 is 13.5 Å². The number of anilines is 2. The molecule has 0 bridgehead atoms. The summed E-state index contributed by atoms with van der Waals surface area (Å²) in [4.78, 5) is 9.63. The van der Waals surface area contributed by atoms with Crippen molar-refractivity contribution in [2.45, 2.75) is 55.7 Å². The average molecular weight is 463 g/mol. The molecule has 0 unspecified atom stereocenters. The normalized spacial score (nSPS) is 14.7. The molecule has 1 aliphatic rings. The van der Waals surface area contributed by atoms with Gasteiger partial charge in [0.25, 0.3) is 10.0 Å². The zero-order chi connectivity index (χ0) is 22.2. The Morgan fingerprint density at radius 1 is 1.29 bits per heavy atom. The fourth-order valence-corrected chi connectivity index (χ4v) is 5.77. The van der Waals surface area contributed by atoms with Gasteiger partial charge in [0.15, 0.2) is 11.6 Å². The van der Waals surface area contributed by atoms with Gasteiger partial charge in [0.1, 0.15) is 10.0 Å². The molecule has 0 radical (unpaired) electrons. The highest BCUT2D eigenvalue weighted by atomic mass is 32.2. The first-order valence-corrected chi connectivity index (χ1v) is 12.4. The van der Waals surface area contributed by atoms with Gasteiger partial charge in [-0.1, -0.05) is 0 Å². The molecular formula is C20H26N6O3S2. The molecule has 0 atom stereocenters. The smallest absolute Gasteiger partial charge is 0.250 e. The average Bonchev–Trinajstić information content (AvgIpc) is 3.21. The predicted octanol–water partition coefficient (Wildman–Crippen LogP) is 3.16. The molecule has 0 saturated heterocycles. The lowest BCUT2D eigenvalue weighted by molar-refractivity contribution is 0.299. The van der Waals surface area contributed by atoms with Gasteiger partial charge in [0, 0.05) is 48.0 Å².